The Hall–Kier alpha value is -2.08. The molecule has 4 unspecified atom stereocenters. The van der Waals surface area contributed by atoms with Gasteiger partial charge in [0.05, 0.1) is 37.9 Å². The van der Waals surface area contributed by atoms with Crippen LogP contribution in [0.5, 0.6) is 0 Å². The minimum absolute atomic E-state index is 0.0387. The maximum atomic E-state index is 12.1. The zero-order valence-corrected chi connectivity index (χ0v) is 21.1. The van der Waals surface area contributed by atoms with Gasteiger partial charge in [-0.2, -0.15) is 11.8 Å². The van der Waals surface area contributed by atoms with Crippen molar-refractivity contribution in [2.75, 3.05) is 38.7 Å². The number of nitrogens with two attached hydrogens (primary N) is 1. The molecule has 1 aromatic heterocycles. The maximum absolute atomic E-state index is 12.1. The third-order valence-electron chi connectivity index (χ3n) is 6.25. The number of aromatic nitrogens is 1. The number of aromatic amines is 1. The molecule has 0 aliphatic carbocycles. The summed E-state index contributed by atoms with van der Waals surface area (Å²) in [6.07, 6.45) is 6.72. The Morgan fingerprint density at radius 2 is 1.94 bits per heavy atom. The highest BCUT2D eigenvalue weighted by atomic mass is 32.2. The molecule has 196 valence electrons. The predicted molar refractivity (Wildman–Crippen MR) is 135 cm³/mol. The van der Waals surface area contributed by atoms with Crippen LogP contribution in [0.3, 0.4) is 0 Å². The lowest BCUT2D eigenvalue weighted by atomic mass is 10.0. The van der Waals surface area contributed by atoms with Crippen LogP contribution in [0.2, 0.25) is 0 Å². The number of carbonyl (C=O) groups is 3. The summed E-state index contributed by atoms with van der Waals surface area (Å²) in [5.41, 5.74) is 6.91. The van der Waals surface area contributed by atoms with Crippen molar-refractivity contribution in [3.05, 3.63) is 24.0 Å². The topological polar surface area (TPSA) is 148 Å². The molecule has 2 aliphatic rings. The highest BCUT2D eigenvalue weighted by molar-refractivity contribution is 8.00. The van der Waals surface area contributed by atoms with Crippen LogP contribution in [0.1, 0.15) is 44.2 Å². The first-order valence-corrected chi connectivity index (χ1v) is 13.6. The lowest BCUT2D eigenvalue weighted by Crippen LogP contribution is -2.36. The molecule has 0 aromatic carbocycles. The van der Waals surface area contributed by atoms with Crippen molar-refractivity contribution in [1.29, 1.82) is 0 Å². The number of unbranched alkanes of at least 4 members (excludes halogenated alkanes) is 1. The molecular weight excluding hydrogens is 470 g/mol. The molecule has 0 spiro atoms. The zero-order chi connectivity index (χ0) is 24.9. The van der Waals surface area contributed by atoms with Gasteiger partial charge in [0, 0.05) is 55.3 Å². The van der Waals surface area contributed by atoms with Gasteiger partial charge in [0.1, 0.15) is 5.78 Å². The largest absolute Gasteiger partial charge is 0.379 e. The van der Waals surface area contributed by atoms with Gasteiger partial charge < -0.3 is 36.1 Å². The fourth-order valence-corrected chi connectivity index (χ4v) is 5.87. The number of Topliss-reactive ketones (excluding diaryl/α,β-unsaturated/α-hetero) is 1. The Balaban J connectivity index is 1.07. The summed E-state index contributed by atoms with van der Waals surface area (Å²) >= 11 is 1.90. The van der Waals surface area contributed by atoms with Crippen LogP contribution in [0.15, 0.2) is 18.3 Å². The van der Waals surface area contributed by atoms with E-state index in [0.29, 0.717) is 63.9 Å². The fraction of sp³-hybridized carbons (Fsp3) is 0.708. The van der Waals surface area contributed by atoms with Crippen LogP contribution < -0.4 is 21.7 Å². The fourth-order valence-electron chi connectivity index (χ4n) is 4.33. The molecule has 3 heterocycles. The third kappa shape index (κ3) is 9.83. The lowest BCUT2D eigenvalue weighted by Gasteiger charge is -2.16. The Morgan fingerprint density at radius 1 is 1.11 bits per heavy atom. The van der Waals surface area contributed by atoms with Crippen molar-refractivity contribution in [2.24, 2.45) is 5.73 Å². The van der Waals surface area contributed by atoms with Crippen LogP contribution in [-0.4, -0.2) is 84.8 Å². The van der Waals surface area contributed by atoms with Crippen LogP contribution in [-0.2, 0) is 25.5 Å². The van der Waals surface area contributed by atoms with Crippen molar-refractivity contribution in [3.63, 3.8) is 0 Å². The Kier molecular flexibility index (Phi) is 11.9. The van der Waals surface area contributed by atoms with E-state index in [0.717, 1.165) is 30.7 Å². The number of hydrogen-bond donors (Lipinski definition) is 5. The van der Waals surface area contributed by atoms with Gasteiger partial charge in [-0.1, -0.05) is 6.42 Å². The number of ketones is 1. The molecule has 2 aliphatic heterocycles. The van der Waals surface area contributed by atoms with E-state index in [9.17, 15) is 14.4 Å². The van der Waals surface area contributed by atoms with Crippen molar-refractivity contribution in [3.8, 4) is 0 Å². The van der Waals surface area contributed by atoms with E-state index in [1.54, 1.807) is 0 Å². The van der Waals surface area contributed by atoms with Gasteiger partial charge in [0.2, 0.25) is 5.91 Å². The second kappa shape index (κ2) is 15.1. The first-order chi connectivity index (χ1) is 17.0. The summed E-state index contributed by atoms with van der Waals surface area (Å²) in [6.45, 7) is 2.31. The molecule has 3 amide bonds. The summed E-state index contributed by atoms with van der Waals surface area (Å²) < 4.78 is 11.0. The van der Waals surface area contributed by atoms with Crippen molar-refractivity contribution >= 4 is 29.5 Å². The minimum Gasteiger partial charge on any atom is -0.379 e. The number of nitrogens with one attached hydrogen (secondary N) is 4. The summed E-state index contributed by atoms with van der Waals surface area (Å²) in [7, 11) is 0. The molecule has 0 bridgehead atoms. The molecule has 3 rings (SSSR count). The van der Waals surface area contributed by atoms with Gasteiger partial charge in [-0.25, -0.2) is 4.79 Å². The SMILES string of the molecule is NC(Cc1ccc[nH]1)C(=O)CCCOCCOCCNC(=O)CCCCC1SCC2NC(=O)NC21. The number of H-pyrrole nitrogens is 1. The smallest absolute Gasteiger partial charge is 0.315 e. The Morgan fingerprint density at radius 3 is 2.74 bits per heavy atom. The third-order valence-corrected chi connectivity index (χ3v) is 7.76. The average Bonchev–Trinajstić information content (AvgIpc) is 3.56. The highest BCUT2D eigenvalue weighted by Gasteiger charge is 2.42. The van der Waals surface area contributed by atoms with Crippen LogP contribution >= 0.6 is 11.8 Å². The molecule has 1 aromatic rings. The molecule has 2 fully saturated rings. The maximum Gasteiger partial charge on any atom is 0.315 e. The van der Waals surface area contributed by atoms with E-state index in [-0.39, 0.29) is 29.8 Å². The minimum atomic E-state index is -0.486. The Labute approximate surface area is 211 Å². The quantitative estimate of drug-likeness (QED) is 0.147. The molecule has 0 saturated carbocycles. The summed E-state index contributed by atoms with van der Waals surface area (Å²) in [6, 6.07) is 3.74. The first kappa shape index (κ1) is 27.5. The van der Waals surface area contributed by atoms with E-state index in [1.807, 2.05) is 30.1 Å². The lowest BCUT2D eigenvalue weighted by molar-refractivity contribution is -0.122. The van der Waals surface area contributed by atoms with Crippen LogP contribution in [0, 0.1) is 0 Å². The molecule has 11 heteroatoms. The van der Waals surface area contributed by atoms with Crippen molar-refractivity contribution in [2.45, 2.75) is 68.3 Å². The van der Waals surface area contributed by atoms with Crippen molar-refractivity contribution in [1.82, 2.24) is 20.9 Å². The zero-order valence-electron chi connectivity index (χ0n) is 20.3. The van der Waals surface area contributed by atoms with Gasteiger partial charge in [-0.05, 0) is 31.4 Å². The van der Waals surface area contributed by atoms with Gasteiger partial charge in [-0.15, -0.1) is 0 Å². The number of ether oxygens (including phenoxy) is 2. The van der Waals surface area contributed by atoms with Crippen LogP contribution in [0.25, 0.3) is 0 Å². The molecule has 10 nitrogen and oxygen atoms in total. The summed E-state index contributed by atoms with van der Waals surface area (Å²) in [4.78, 5) is 38.5. The first-order valence-electron chi connectivity index (χ1n) is 12.5. The monoisotopic (exact) mass is 509 g/mol. The summed E-state index contributed by atoms with van der Waals surface area (Å²) in [5.74, 6) is 1.04. The number of hydrogen-bond acceptors (Lipinski definition) is 7. The van der Waals surface area contributed by atoms with E-state index in [4.69, 9.17) is 15.2 Å². The molecular formula is C24H39N5O5S. The van der Waals surface area contributed by atoms with E-state index >= 15 is 0 Å². The average molecular weight is 510 g/mol. The van der Waals surface area contributed by atoms with E-state index < -0.39 is 6.04 Å². The van der Waals surface area contributed by atoms with Gasteiger partial charge >= 0.3 is 6.03 Å². The highest BCUT2D eigenvalue weighted by Crippen LogP contribution is 2.33. The predicted octanol–water partition coefficient (Wildman–Crippen LogP) is 1.11. The molecule has 2 saturated heterocycles. The number of amides is 3. The van der Waals surface area contributed by atoms with E-state index in [2.05, 4.69) is 20.9 Å². The van der Waals surface area contributed by atoms with Gasteiger partial charge in [0.25, 0.3) is 0 Å². The second-order valence-corrected chi connectivity index (χ2v) is 10.3. The molecule has 6 N–H and O–H groups in total. The number of fused-ring (bicyclic) bond motifs is 1. The molecule has 0 radical (unpaired) electrons. The number of carbonyl (C=O) groups excluding carboxylic acids is 3. The number of thioether (sulfide) groups is 1. The number of urea groups is 1. The molecule has 4 atom stereocenters. The van der Waals surface area contributed by atoms with Gasteiger partial charge in [-0.3, -0.25) is 9.59 Å². The Bertz CT molecular complexity index is 793. The normalized spacial score (nSPS) is 21.9. The van der Waals surface area contributed by atoms with Crippen molar-refractivity contribution < 1.29 is 23.9 Å². The standard InChI is InChI=1S/C24H39N5O5S/c25-18(15-17-5-3-9-26-17)20(30)6-4-11-33-13-14-34-12-10-27-22(31)8-2-1-7-21-23-19(16-35-21)28-24(32)29-23/h3,5,9,18-19,21,23,26H,1-2,4,6-8,10-16,25H2,(H,27,31)(H2,28,29,32). The number of rotatable bonds is 18. The van der Waals surface area contributed by atoms with E-state index in [1.165, 1.54) is 0 Å². The van der Waals surface area contributed by atoms with Crippen LogP contribution in [0.4, 0.5) is 4.79 Å². The second-order valence-electron chi connectivity index (χ2n) is 9.02. The summed E-state index contributed by atoms with van der Waals surface area (Å²) in [5, 5.41) is 9.25. The molecule has 35 heavy (non-hydrogen) atoms. The van der Waals surface area contributed by atoms with Gasteiger partial charge in [0.15, 0.2) is 0 Å².